The summed E-state index contributed by atoms with van der Waals surface area (Å²) in [6, 6.07) is 18.4. The molecule has 1 aliphatic rings. The molecule has 0 aromatic heterocycles. The molecule has 0 spiro atoms. The molecule has 0 amide bonds. The van der Waals surface area contributed by atoms with Gasteiger partial charge in [0.2, 0.25) is 0 Å². The minimum absolute atomic E-state index is 0.694. The Morgan fingerprint density at radius 1 is 0.708 bits per heavy atom. The van der Waals surface area contributed by atoms with Crippen molar-refractivity contribution in [2.75, 3.05) is 32.8 Å². The van der Waals surface area contributed by atoms with Crippen LogP contribution < -0.4 is 9.47 Å². The van der Waals surface area contributed by atoms with Crippen LogP contribution in [-0.4, -0.2) is 37.7 Å². The fourth-order valence-corrected chi connectivity index (χ4v) is 3.04. The van der Waals surface area contributed by atoms with E-state index < -0.39 is 0 Å². The van der Waals surface area contributed by atoms with Crippen LogP contribution in [0.4, 0.5) is 0 Å². The van der Waals surface area contributed by atoms with Crippen molar-refractivity contribution in [3.8, 4) is 11.5 Å². The van der Waals surface area contributed by atoms with Crippen molar-refractivity contribution in [3.63, 3.8) is 0 Å². The van der Waals surface area contributed by atoms with Gasteiger partial charge in [0, 0.05) is 13.0 Å². The highest BCUT2D eigenvalue weighted by molar-refractivity contribution is 5.31. The molecular formula is C21H27NO2. The van der Waals surface area contributed by atoms with E-state index in [1.54, 1.807) is 0 Å². The van der Waals surface area contributed by atoms with Gasteiger partial charge in [-0.3, -0.25) is 4.90 Å². The van der Waals surface area contributed by atoms with E-state index in [1.165, 1.54) is 37.9 Å². The molecule has 2 aromatic rings. The molecule has 0 unspecified atom stereocenters. The second-order valence-electron chi connectivity index (χ2n) is 6.31. The Hall–Kier alpha value is -2.00. The maximum Gasteiger partial charge on any atom is 0.119 e. The number of hydrogen-bond acceptors (Lipinski definition) is 3. The number of hydrogen-bond donors (Lipinski definition) is 0. The predicted molar refractivity (Wildman–Crippen MR) is 97.9 cm³/mol. The van der Waals surface area contributed by atoms with Gasteiger partial charge in [-0.15, -0.1) is 0 Å². The van der Waals surface area contributed by atoms with Crippen LogP contribution in [0, 0.1) is 0 Å². The van der Waals surface area contributed by atoms with Crippen molar-refractivity contribution in [1.29, 1.82) is 0 Å². The first-order valence-electron chi connectivity index (χ1n) is 9.02. The second kappa shape index (κ2) is 9.33. The molecule has 3 nitrogen and oxygen atoms in total. The lowest BCUT2D eigenvalue weighted by Crippen LogP contribution is -2.33. The second-order valence-corrected chi connectivity index (χ2v) is 6.31. The lowest BCUT2D eigenvalue weighted by Gasteiger charge is -2.26. The van der Waals surface area contributed by atoms with Gasteiger partial charge in [-0.25, -0.2) is 0 Å². The highest BCUT2D eigenvalue weighted by Crippen LogP contribution is 2.18. The summed E-state index contributed by atoms with van der Waals surface area (Å²) in [5.74, 6) is 1.82. The van der Waals surface area contributed by atoms with Crippen LogP contribution in [0.1, 0.15) is 24.8 Å². The summed E-state index contributed by atoms with van der Waals surface area (Å²) in [7, 11) is 0. The Bertz CT molecular complexity index is 577. The lowest BCUT2D eigenvalue weighted by atomic mass is 10.1. The monoisotopic (exact) mass is 325 g/mol. The van der Waals surface area contributed by atoms with Crippen molar-refractivity contribution in [2.45, 2.75) is 25.7 Å². The number of benzene rings is 2. The summed E-state index contributed by atoms with van der Waals surface area (Å²) >= 11 is 0. The summed E-state index contributed by atoms with van der Waals surface area (Å²) in [6.45, 7) is 4.91. The van der Waals surface area contributed by atoms with E-state index in [4.69, 9.17) is 9.47 Å². The smallest absolute Gasteiger partial charge is 0.119 e. The predicted octanol–water partition coefficient (Wildman–Crippen LogP) is 4.17. The molecule has 0 N–H and O–H groups in total. The van der Waals surface area contributed by atoms with Crippen LogP contribution in [0.15, 0.2) is 54.6 Å². The number of piperidine rings is 1. The zero-order valence-electron chi connectivity index (χ0n) is 14.3. The summed E-state index contributed by atoms with van der Waals surface area (Å²) in [5, 5.41) is 0. The molecule has 1 saturated heterocycles. The first kappa shape index (κ1) is 16.8. The van der Waals surface area contributed by atoms with Gasteiger partial charge in [0.1, 0.15) is 18.1 Å². The zero-order chi connectivity index (χ0) is 16.5. The van der Waals surface area contributed by atoms with Gasteiger partial charge in [-0.2, -0.15) is 0 Å². The maximum absolute atomic E-state index is 5.84. The van der Waals surface area contributed by atoms with Crippen LogP contribution in [0.5, 0.6) is 11.5 Å². The third-order valence-corrected chi connectivity index (χ3v) is 4.45. The summed E-state index contributed by atoms with van der Waals surface area (Å²) < 4.78 is 11.6. The maximum atomic E-state index is 5.84. The molecule has 0 aliphatic carbocycles. The van der Waals surface area contributed by atoms with E-state index >= 15 is 0 Å². The quantitative estimate of drug-likeness (QED) is 0.727. The van der Waals surface area contributed by atoms with Crippen LogP contribution in [-0.2, 0) is 6.42 Å². The minimum atomic E-state index is 0.694. The fourth-order valence-electron chi connectivity index (χ4n) is 3.04. The van der Waals surface area contributed by atoms with Crippen molar-refractivity contribution >= 4 is 0 Å². The molecule has 0 atom stereocenters. The molecule has 1 fully saturated rings. The first-order valence-corrected chi connectivity index (χ1v) is 9.02. The van der Waals surface area contributed by atoms with Crippen LogP contribution in [0.3, 0.4) is 0 Å². The number of ether oxygens (including phenoxy) is 2. The van der Waals surface area contributed by atoms with Crippen LogP contribution in [0.25, 0.3) is 0 Å². The van der Waals surface area contributed by atoms with Crippen LogP contribution in [0.2, 0.25) is 0 Å². The third-order valence-electron chi connectivity index (χ3n) is 4.45. The summed E-state index contributed by atoms with van der Waals surface area (Å²) in [5.41, 5.74) is 1.30. The van der Waals surface area contributed by atoms with E-state index in [0.29, 0.717) is 6.61 Å². The number of likely N-dealkylation sites (tertiary alicyclic amines) is 1. The number of rotatable bonds is 8. The summed E-state index contributed by atoms with van der Waals surface area (Å²) in [4.78, 5) is 2.49. The Kier molecular flexibility index (Phi) is 6.55. The van der Waals surface area contributed by atoms with Crippen molar-refractivity contribution in [1.82, 2.24) is 4.90 Å². The molecule has 0 saturated carbocycles. The number of nitrogens with zero attached hydrogens (tertiary/aromatic N) is 1. The highest BCUT2D eigenvalue weighted by Gasteiger charge is 2.09. The van der Waals surface area contributed by atoms with Crippen LogP contribution >= 0.6 is 0 Å². The highest BCUT2D eigenvalue weighted by atomic mass is 16.5. The Balaban J connectivity index is 1.35. The Morgan fingerprint density at radius 3 is 2.00 bits per heavy atom. The van der Waals surface area contributed by atoms with Gasteiger partial charge in [0.05, 0.1) is 6.61 Å². The average Bonchev–Trinajstić information content (AvgIpc) is 2.65. The van der Waals surface area contributed by atoms with E-state index in [-0.39, 0.29) is 0 Å². The van der Waals surface area contributed by atoms with E-state index in [1.807, 2.05) is 30.3 Å². The fraction of sp³-hybridized carbons (Fsp3) is 0.429. The largest absolute Gasteiger partial charge is 0.493 e. The topological polar surface area (TPSA) is 21.7 Å². The molecule has 2 aromatic carbocycles. The van der Waals surface area contributed by atoms with Gasteiger partial charge < -0.3 is 9.47 Å². The zero-order valence-corrected chi connectivity index (χ0v) is 14.3. The van der Waals surface area contributed by atoms with Gasteiger partial charge in [0.15, 0.2) is 0 Å². The minimum Gasteiger partial charge on any atom is -0.493 e. The van der Waals surface area contributed by atoms with E-state index in [9.17, 15) is 0 Å². The molecular weight excluding hydrogens is 298 g/mol. The molecule has 1 aliphatic heterocycles. The third kappa shape index (κ3) is 5.57. The molecule has 3 heteroatoms. The average molecular weight is 325 g/mol. The van der Waals surface area contributed by atoms with Crippen molar-refractivity contribution in [3.05, 3.63) is 60.2 Å². The molecule has 0 radical (unpaired) electrons. The van der Waals surface area contributed by atoms with Gasteiger partial charge in [-0.05, 0) is 55.8 Å². The van der Waals surface area contributed by atoms with Gasteiger partial charge >= 0.3 is 0 Å². The first-order chi connectivity index (χ1) is 11.9. The molecule has 128 valence electrons. The van der Waals surface area contributed by atoms with Gasteiger partial charge in [0.25, 0.3) is 0 Å². The Morgan fingerprint density at radius 2 is 1.33 bits per heavy atom. The SMILES string of the molecule is c1ccc(CCOc2ccc(OCCN3CCCCC3)cc2)cc1. The molecule has 3 rings (SSSR count). The normalized spacial score (nSPS) is 15.2. The lowest BCUT2D eigenvalue weighted by molar-refractivity contribution is 0.183. The van der Waals surface area contributed by atoms with Crippen molar-refractivity contribution in [2.24, 2.45) is 0 Å². The standard InChI is InChI=1S/C21H27NO2/c1-3-7-19(8-4-1)13-17-23-20-9-11-21(12-10-20)24-18-16-22-14-5-2-6-15-22/h1,3-4,7-12H,2,5-6,13-18H2. The van der Waals surface area contributed by atoms with E-state index in [2.05, 4.69) is 29.2 Å². The molecule has 1 heterocycles. The van der Waals surface area contributed by atoms with Crippen molar-refractivity contribution < 1.29 is 9.47 Å². The molecule has 0 bridgehead atoms. The van der Waals surface area contributed by atoms with E-state index in [0.717, 1.165) is 31.1 Å². The molecule has 24 heavy (non-hydrogen) atoms. The Labute approximate surface area is 145 Å². The summed E-state index contributed by atoms with van der Waals surface area (Å²) in [6.07, 6.45) is 4.96. The van der Waals surface area contributed by atoms with Gasteiger partial charge in [-0.1, -0.05) is 36.8 Å².